The molecule has 9 nitrogen and oxygen atoms in total. The Morgan fingerprint density at radius 1 is 0.531 bits per heavy atom. The van der Waals surface area contributed by atoms with Crippen molar-refractivity contribution in [1.29, 1.82) is 0 Å². The molecule has 0 aromatic heterocycles. The summed E-state index contributed by atoms with van der Waals surface area (Å²) in [6.45, 7) is 0. The first kappa shape index (κ1) is 27.1. The standard InChI is InChI=1S/C18H15O9PS3.Na.H/c19-29(20,21)16-7-1-4-13(10-16)28(14-5-2-8-17(11-14)30(22,23)24)15-6-3-9-18(12-15)31(25,26)27;;/h1-12H,(H,19,20,21)(H,22,23,24)(H,25,26,27);;/q;+1;-1. The zero-order valence-electron chi connectivity index (χ0n) is 17.4. The van der Waals surface area contributed by atoms with Gasteiger partial charge in [0.05, 0.1) is 14.7 Å². The van der Waals surface area contributed by atoms with Gasteiger partial charge in [0.1, 0.15) is 0 Å². The molecule has 0 atom stereocenters. The van der Waals surface area contributed by atoms with Crippen molar-refractivity contribution in [2.45, 2.75) is 14.7 Å². The van der Waals surface area contributed by atoms with Crippen molar-refractivity contribution in [1.82, 2.24) is 0 Å². The van der Waals surface area contributed by atoms with Gasteiger partial charge in [0.15, 0.2) is 0 Å². The molecule has 0 unspecified atom stereocenters. The van der Waals surface area contributed by atoms with Crippen LogP contribution in [-0.4, -0.2) is 38.9 Å². The molecule has 0 radical (unpaired) electrons. The van der Waals surface area contributed by atoms with E-state index in [1.165, 1.54) is 54.6 Å². The van der Waals surface area contributed by atoms with Crippen LogP contribution in [-0.2, 0) is 30.4 Å². The van der Waals surface area contributed by atoms with Gasteiger partial charge in [-0.2, -0.15) is 25.3 Å². The molecule has 0 aliphatic heterocycles. The molecule has 3 aromatic carbocycles. The minimum Gasteiger partial charge on any atom is -1.00 e. The third kappa shape index (κ3) is 6.45. The first-order chi connectivity index (χ1) is 14.3. The number of rotatable bonds is 6. The van der Waals surface area contributed by atoms with Crippen molar-refractivity contribution in [2.75, 3.05) is 0 Å². The second-order valence-corrected chi connectivity index (χ2v) is 12.7. The molecule has 0 spiro atoms. The third-order valence-electron chi connectivity index (χ3n) is 4.12. The van der Waals surface area contributed by atoms with Crippen LogP contribution in [0.5, 0.6) is 0 Å². The maximum Gasteiger partial charge on any atom is 1.00 e. The fourth-order valence-electron chi connectivity index (χ4n) is 2.80. The quantitative estimate of drug-likeness (QED) is 0.193. The zero-order valence-corrected chi connectivity index (χ0v) is 21.7. The second kappa shape index (κ2) is 9.98. The Labute approximate surface area is 210 Å². The Bertz CT molecular complexity index is 1300. The molecular weight excluding hydrogens is 510 g/mol. The molecule has 0 saturated heterocycles. The molecule has 0 bridgehead atoms. The normalized spacial score (nSPS) is 12.4. The Kier molecular flexibility index (Phi) is 8.44. The minimum absolute atomic E-state index is 0. The van der Waals surface area contributed by atoms with Crippen molar-refractivity contribution in [3.63, 3.8) is 0 Å². The van der Waals surface area contributed by atoms with E-state index in [0.717, 1.165) is 18.2 Å². The largest absolute Gasteiger partial charge is 1.00 e. The smallest absolute Gasteiger partial charge is 1.00 e. The Hall–Kier alpha value is -1.18. The Balaban J connectivity index is 0.00000272. The van der Waals surface area contributed by atoms with E-state index in [0.29, 0.717) is 15.9 Å². The first-order valence-electron chi connectivity index (χ1n) is 8.30. The molecule has 0 heterocycles. The summed E-state index contributed by atoms with van der Waals surface area (Å²) >= 11 is 0. The van der Waals surface area contributed by atoms with Crippen molar-refractivity contribution in [3.05, 3.63) is 72.8 Å². The zero-order chi connectivity index (χ0) is 23.0. The van der Waals surface area contributed by atoms with Gasteiger partial charge in [-0.15, -0.1) is 0 Å². The summed E-state index contributed by atoms with van der Waals surface area (Å²) in [4.78, 5) is -1.22. The van der Waals surface area contributed by atoms with Crippen LogP contribution in [0, 0.1) is 0 Å². The molecule has 0 amide bonds. The summed E-state index contributed by atoms with van der Waals surface area (Å²) in [5.74, 6) is 0. The maximum atomic E-state index is 11.6. The minimum atomic E-state index is -4.55. The van der Waals surface area contributed by atoms with E-state index in [1.54, 1.807) is 0 Å². The molecule has 0 saturated carbocycles. The van der Waals surface area contributed by atoms with Gasteiger partial charge in [-0.25, -0.2) is 0 Å². The molecule has 3 rings (SSSR count). The van der Waals surface area contributed by atoms with Gasteiger partial charge in [-0.05, 0) is 60.2 Å². The summed E-state index contributed by atoms with van der Waals surface area (Å²) in [7, 11) is -15.4. The van der Waals surface area contributed by atoms with Crippen LogP contribution in [0.15, 0.2) is 87.5 Å². The molecule has 3 N–H and O–H groups in total. The van der Waals surface area contributed by atoms with E-state index >= 15 is 0 Å². The maximum absolute atomic E-state index is 11.6. The van der Waals surface area contributed by atoms with Crippen molar-refractivity contribution in [3.8, 4) is 0 Å². The van der Waals surface area contributed by atoms with Crippen LogP contribution >= 0.6 is 7.92 Å². The van der Waals surface area contributed by atoms with Crippen LogP contribution in [0.3, 0.4) is 0 Å². The SMILES string of the molecule is O=S(=O)(O)c1cccc(P(c2cccc(S(=O)(=O)O)c2)c2cccc(S(=O)(=O)O)c2)c1.[H-].[Na+]. The number of hydrogen-bond donors (Lipinski definition) is 3. The van der Waals surface area contributed by atoms with Crippen LogP contribution in [0.4, 0.5) is 0 Å². The monoisotopic (exact) mass is 526 g/mol. The number of benzene rings is 3. The van der Waals surface area contributed by atoms with E-state index in [1.807, 2.05) is 0 Å². The van der Waals surface area contributed by atoms with Crippen LogP contribution in [0.1, 0.15) is 1.43 Å². The first-order valence-corrected chi connectivity index (χ1v) is 14.0. The van der Waals surface area contributed by atoms with Gasteiger partial charge in [0.2, 0.25) is 0 Å². The second-order valence-electron chi connectivity index (χ2n) is 6.25. The summed E-state index contributed by atoms with van der Waals surface area (Å²) in [5, 5.41) is 1.01. The van der Waals surface area contributed by atoms with E-state index < -0.39 is 53.0 Å². The molecule has 0 fully saturated rings. The predicted molar refractivity (Wildman–Crippen MR) is 116 cm³/mol. The topological polar surface area (TPSA) is 163 Å². The summed E-state index contributed by atoms with van der Waals surface area (Å²) in [6, 6.07) is 15.7. The molecule has 3 aromatic rings. The Morgan fingerprint density at radius 2 is 0.781 bits per heavy atom. The van der Waals surface area contributed by atoms with E-state index in [9.17, 15) is 38.9 Å². The summed E-state index contributed by atoms with van der Waals surface area (Å²) in [6.07, 6.45) is 0. The van der Waals surface area contributed by atoms with Crippen molar-refractivity contribution >= 4 is 54.2 Å². The number of hydrogen-bond acceptors (Lipinski definition) is 6. The summed E-state index contributed by atoms with van der Waals surface area (Å²) < 4.78 is 97.7. The van der Waals surface area contributed by atoms with Gasteiger partial charge in [-0.1, -0.05) is 36.4 Å². The van der Waals surface area contributed by atoms with Gasteiger partial charge in [0, 0.05) is 0 Å². The van der Waals surface area contributed by atoms with Crippen LogP contribution in [0.25, 0.3) is 0 Å². The van der Waals surface area contributed by atoms with Crippen molar-refractivity contribution in [2.24, 2.45) is 0 Å². The summed E-state index contributed by atoms with van der Waals surface area (Å²) in [5.41, 5.74) is 0. The predicted octanol–water partition coefficient (Wildman–Crippen LogP) is -1.70. The van der Waals surface area contributed by atoms with Crippen LogP contribution < -0.4 is 45.5 Å². The van der Waals surface area contributed by atoms with Gasteiger partial charge in [-0.3, -0.25) is 13.7 Å². The van der Waals surface area contributed by atoms with Gasteiger partial charge < -0.3 is 1.43 Å². The molecular formula is C18H16NaO9PS3. The van der Waals surface area contributed by atoms with Gasteiger partial charge >= 0.3 is 29.6 Å². The Morgan fingerprint density at radius 3 is 1.00 bits per heavy atom. The van der Waals surface area contributed by atoms with Crippen LogP contribution in [0.2, 0.25) is 0 Å². The third-order valence-corrected chi connectivity index (χ3v) is 9.05. The van der Waals surface area contributed by atoms with Gasteiger partial charge in [0.25, 0.3) is 30.4 Å². The van der Waals surface area contributed by atoms with E-state index in [4.69, 9.17) is 0 Å². The molecule has 0 aliphatic carbocycles. The van der Waals surface area contributed by atoms with E-state index in [-0.39, 0.29) is 31.0 Å². The fourth-order valence-corrected chi connectivity index (χ4v) is 7.04. The average molecular weight is 526 g/mol. The molecule has 32 heavy (non-hydrogen) atoms. The average Bonchev–Trinajstić information content (AvgIpc) is 2.67. The molecule has 0 aliphatic rings. The van der Waals surface area contributed by atoms with Crippen molar-refractivity contribution < 1.29 is 69.9 Å². The molecule has 14 heteroatoms. The fraction of sp³-hybridized carbons (Fsp3) is 0. The van der Waals surface area contributed by atoms with E-state index in [2.05, 4.69) is 0 Å². The molecule has 166 valence electrons.